The summed E-state index contributed by atoms with van der Waals surface area (Å²) in [6, 6.07) is 14.3. The van der Waals surface area contributed by atoms with E-state index in [0.29, 0.717) is 12.1 Å². The number of aromatic carboxylic acids is 1. The zero-order chi connectivity index (χ0) is 16.2. The van der Waals surface area contributed by atoms with Gasteiger partial charge in [0.25, 0.3) is 0 Å². The van der Waals surface area contributed by atoms with Crippen molar-refractivity contribution in [2.75, 3.05) is 5.32 Å². The zero-order valence-corrected chi connectivity index (χ0v) is 12.4. The molecule has 0 atom stereocenters. The van der Waals surface area contributed by atoms with Crippen molar-refractivity contribution in [1.29, 1.82) is 0 Å². The highest BCUT2D eigenvalue weighted by atomic mass is 16.4. The Hall–Kier alpha value is -3.08. The predicted octanol–water partition coefficient (Wildman–Crippen LogP) is 3.44. The monoisotopic (exact) mass is 308 g/mol. The van der Waals surface area contributed by atoms with Gasteiger partial charge in [0, 0.05) is 23.5 Å². The number of carboxylic acid groups (broad SMARTS) is 1. The van der Waals surface area contributed by atoms with Crippen LogP contribution in [0.5, 0.6) is 0 Å². The van der Waals surface area contributed by atoms with Gasteiger partial charge in [-0.2, -0.15) is 0 Å². The minimum atomic E-state index is -1.06. The molecule has 5 heteroatoms. The zero-order valence-electron chi connectivity index (χ0n) is 12.4. The third-order valence-electron chi connectivity index (χ3n) is 3.73. The SMILES string of the molecule is O=C(CCc1c[nH]c2ccccc12)Nc1ccccc1C(=O)O. The Kier molecular flexibility index (Phi) is 4.10. The predicted molar refractivity (Wildman–Crippen MR) is 88.7 cm³/mol. The number of aryl methyl sites for hydroxylation is 1. The van der Waals surface area contributed by atoms with Crippen molar-refractivity contribution in [2.45, 2.75) is 12.8 Å². The van der Waals surface area contributed by atoms with E-state index in [9.17, 15) is 9.59 Å². The largest absolute Gasteiger partial charge is 0.478 e. The van der Waals surface area contributed by atoms with Crippen LogP contribution >= 0.6 is 0 Å². The number of para-hydroxylation sites is 2. The summed E-state index contributed by atoms with van der Waals surface area (Å²) in [6.07, 6.45) is 2.78. The second kappa shape index (κ2) is 6.36. The first kappa shape index (κ1) is 14.8. The smallest absolute Gasteiger partial charge is 0.337 e. The highest BCUT2D eigenvalue weighted by molar-refractivity contribution is 6.00. The van der Waals surface area contributed by atoms with Gasteiger partial charge in [0.05, 0.1) is 11.3 Å². The molecule has 0 aliphatic carbocycles. The highest BCUT2D eigenvalue weighted by Gasteiger charge is 2.12. The summed E-state index contributed by atoms with van der Waals surface area (Å²) >= 11 is 0. The fraction of sp³-hybridized carbons (Fsp3) is 0.111. The number of carbonyl (C=O) groups is 2. The second-order valence-corrected chi connectivity index (χ2v) is 5.26. The van der Waals surface area contributed by atoms with Crippen LogP contribution in [0.1, 0.15) is 22.3 Å². The van der Waals surface area contributed by atoms with Gasteiger partial charge in [0.2, 0.25) is 5.91 Å². The fourth-order valence-corrected chi connectivity index (χ4v) is 2.58. The quantitative estimate of drug-likeness (QED) is 0.675. The number of carbonyl (C=O) groups excluding carboxylic acids is 1. The fourth-order valence-electron chi connectivity index (χ4n) is 2.58. The number of benzene rings is 2. The Morgan fingerprint density at radius 2 is 1.78 bits per heavy atom. The van der Waals surface area contributed by atoms with E-state index in [1.165, 1.54) is 6.07 Å². The van der Waals surface area contributed by atoms with Gasteiger partial charge in [-0.1, -0.05) is 30.3 Å². The minimum Gasteiger partial charge on any atom is -0.478 e. The maximum absolute atomic E-state index is 12.1. The number of aromatic nitrogens is 1. The molecule has 0 saturated heterocycles. The summed E-state index contributed by atoms with van der Waals surface area (Å²) in [5.41, 5.74) is 2.53. The molecular weight excluding hydrogens is 292 g/mol. The molecule has 23 heavy (non-hydrogen) atoms. The Labute approximate surface area is 133 Å². The summed E-state index contributed by atoms with van der Waals surface area (Å²) in [4.78, 5) is 26.4. The lowest BCUT2D eigenvalue weighted by Crippen LogP contribution is -2.15. The normalized spacial score (nSPS) is 10.6. The Morgan fingerprint density at radius 3 is 2.61 bits per heavy atom. The molecule has 0 unspecified atom stereocenters. The Morgan fingerprint density at radius 1 is 1.04 bits per heavy atom. The third-order valence-corrected chi connectivity index (χ3v) is 3.73. The standard InChI is InChI=1S/C18H16N2O3/c21-17(20-16-8-4-2-6-14(16)18(22)23)10-9-12-11-19-15-7-3-1-5-13(12)15/h1-8,11,19H,9-10H2,(H,20,21)(H,22,23). The Bertz CT molecular complexity index is 867. The topological polar surface area (TPSA) is 82.2 Å². The number of H-pyrrole nitrogens is 1. The molecule has 3 N–H and O–H groups in total. The van der Waals surface area contributed by atoms with Crippen LogP contribution < -0.4 is 5.32 Å². The molecule has 0 saturated carbocycles. The average molecular weight is 308 g/mol. The van der Waals surface area contributed by atoms with Crippen LogP contribution in [-0.4, -0.2) is 22.0 Å². The number of nitrogens with one attached hydrogen (secondary N) is 2. The Balaban J connectivity index is 1.68. The summed E-state index contributed by atoms with van der Waals surface area (Å²) in [5.74, 6) is -1.26. The molecule has 1 heterocycles. The number of rotatable bonds is 5. The number of amides is 1. The van der Waals surface area contributed by atoms with Gasteiger partial charge < -0.3 is 15.4 Å². The maximum Gasteiger partial charge on any atom is 0.337 e. The highest BCUT2D eigenvalue weighted by Crippen LogP contribution is 2.20. The van der Waals surface area contributed by atoms with Crippen LogP contribution in [-0.2, 0) is 11.2 Å². The van der Waals surface area contributed by atoms with Crippen LogP contribution in [0, 0.1) is 0 Å². The molecule has 5 nitrogen and oxygen atoms in total. The molecular formula is C18H16N2O3. The van der Waals surface area contributed by atoms with Crippen molar-refractivity contribution in [3.8, 4) is 0 Å². The number of fused-ring (bicyclic) bond motifs is 1. The molecule has 0 fully saturated rings. The summed E-state index contributed by atoms with van der Waals surface area (Å²) in [5, 5.41) is 12.9. The van der Waals surface area contributed by atoms with Crippen LogP contribution in [0.25, 0.3) is 10.9 Å². The molecule has 3 rings (SSSR count). The number of hydrogen-bond donors (Lipinski definition) is 3. The molecule has 0 aliphatic heterocycles. The number of anilines is 1. The summed E-state index contributed by atoms with van der Waals surface area (Å²) in [6.45, 7) is 0. The van der Waals surface area contributed by atoms with Gasteiger partial charge in [-0.05, 0) is 30.2 Å². The molecule has 1 amide bonds. The lowest BCUT2D eigenvalue weighted by atomic mass is 10.1. The number of aromatic amines is 1. The van der Waals surface area contributed by atoms with E-state index in [-0.39, 0.29) is 17.9 Å². The van der Waals surface area contributed by atoms with Gasteiger partial charge in [-0.3, -0.25) is 4.79 Å². The van der Waals surface area contributed by atoms with Crippen LogP contribution in [0.15, 0.2) is 54.7 Å². The van der Waals surface area contributed by atoms with Gasteiger partial charge >= 0.3 is 5.97 Å². The molecule has 0 radical (unpaired) electrons. The summed E-state index contributed by atoms with van der Waals surface area (Å²) in [7, 11) is 0. The number of hydrogen-bond acceptors (Lipinski definition) is 2. The van der Waals surface area contributed by atoms with Crippen molar-refractivity contribution in [3.63, 3.8) is 0 Å². The van der Waals surface area contributed by atoms with E-state index in [0.717, 1.165) is 16.5 Å². The lowest BCUT2D eigenvalue weighted by molar-refractivity contribution is -0.116. The second-order valence-electron chi connectivity index (χ2n) is 5.26. The summed E-state index contributed by atoms with van der Waals surface area (Å²) < 4.78 is 0. The lowest BCUT2D eigenvalue weighted by Gasteiger charge is -2.08. The first-order chi connectivity index (χ1) is 11.1. The molecule has 0 aliphatic rings. The van der Waals surface area contributed by atoms with E-state index in [1.807, 2.05) is 30.5 Å². The first-order valence-corrected chi connectivity index (χ1v) is 7.32. The first-order valence-electron chi connectivity index (χ1n) is 7.32. The van der Waals surface area contributed by atoms with Gasteiger partial charge in [0.15, 0.2) is 0 Å². The van der Waals surface area contributed by atoms with Gasteiger partial charge in [0.1, 0.15) is 0 Å². The van der Waals surface area contributed by atoms with Crippen molar-refractivity contribution in [2.24, 2.45) is 0 Å². The van der Waals surface area contributed by atoms with Crippen molar-refractivity contribution in [1.82, 2.24) is 4.98 Å². The maximum atomic E-state index is 12.1. The minimum absolute atomic E-state index is 0.0907. The van der Waals surface area contributed by atoms with E-state index in [2.05, 4.69) is 10.3 Å². The van der Waals surface area contributed by atoms with E-state index < -0.39 is 5.97 Å². The van der Waals surface area contributed by atoms with E-state index in [1.54, 1.807) is 18.2 Å². The number of carboxylic acids is 1. The van der Waals surface area contributed by atoms with Gasteiger partial charge in [-0.15, -0.1) is 0 Å². The van der Waals surface area contributed by atoms with Crippen LogP contribution in [0.3, 0.4) is 0 Å². The van der Waals surface area contributed by atoms with Gasteiger partial charge in [-0.25, -0.2) is 4.79 Å². The van der Waals surface area contributed by atoms with Crippen molar-refractivity contribution in [3.05, 3.63) is 65.9 Å². The molecule has 1 aromatic heterocycles. The van der Waals surface area contributed by atoms with E-state index in [4.69, 9.17) is 5.11 Å². The van der Waals surface area contributed by atoms with Crippen LogP contribution in [0.4, 0.5) is 5.69 Å². The third kappa shape index (κ3) is 3.23. The molecule has 0 spiro atoms. The van der Waals surface area contributed by atoms with E-state index >= 15 is 0 Å². The van der Waals surface area contributed by atoms with Crippen molar-refractivity contribution >= 4 is 28.5 Å². The molecule has 3 aromatic rings. The molecule has 2 aromatic carbocycles. The van der Waals surface area contributed by atoms with Crippen LogP contribution in [0.2, 0.25) is 0 Å². The molecule has 0 bridgehead atoms. The molecule has 116 valence electrons. The van der Waals surface area contributed by atoms with Crippen molar-refractivity contribution < 1.29 is 14.7 Å². The average Bonchev–Trinajstić information content (AvgIpc) is 2.96.